The molecule has 1 atom stereocenters. The highest BCUT2D eigenvalue weighted by Crippen LogP contribution is 2.33. The number of guanidine groups is 1. The average Bonchev–Trinajstić information content (AvgIpc) is 2.73. The van der Waals surface area contributed by atoms with E-state index >= 15 is 0 Å². The third kappa shape index (κ3) is 4.33. The smallest absolute Gasteiger partial charge is 0.188 e. The fourth-order valence-electron chi connectivity index (χ4n) is 3.53. The van der Waals surface area contributed by atoms with E-state index in [4.69, 9.17) is 19.9 Å². The van der Waals surface area contributed by atoms with Crippen LogP contribution in [0.5, 0.6) is 0 Å². The highest BCUT2D eigenvalue weighted by atomic mass is 16.7. The average molecular weight is 311 g/mol. The lowest BCUT2D eigenvalue weighted by Crippen LogP contribution is -2.40. The van der Waals surface area contributed by atoms with Crippen LogP contribution < -0.4 is 11.1 Å². The molecular weight excluding hydrogens is 282 g/mol. The zero-order valence-corrected chi connectivity index (χ0v) is 13.4. The minimum absolute atomic E-state index is 0.00702. The molecule has 1 spiro atoms. The van der Waals surface area contributed by atoms with E-state index in [0.29, 0.717) is 38.4 Å². The summed E-state index contributed by atoms with van der Waals surface area (Å²) in [5.74, 6) is 0.116. The summed E-state index contributed by atoms with van der Waals surface area (Å²) in [4.78, 5) is 4.46. The molecule has 0 bridgehead atoms. The van der Waals surface area contributed by atoms with Crippen molar-refractivity contribution in [1.82, 2.24) is 5.32 Å². The first-order valence-corrected chi connectivity index (χ1v) is 8.72. The van der Waals surface area contributed by atoms with E-state index in [2.05, 4.69) is 10.3 Å². The van der Waals surface area contributed by atoms with E-state index in [1.165, 1.54) is 38.5 Å². The van der Waals surface area contributed by atoms with E-state index in [-0.39, 0.29) is 6.10 Å². The predicted octanol–water partition coefficient (Wildman–Crippen LogP) is 1.54. The first-order chi connectivity index (χ1) is 10.8. The van der Waals surface area contributed by atoms with Crippen molar-refractivity contribution in [3.8, 4) is 0 Å². The number of hydrogen-bond acceptors (Lipinski definition) is 4. The van der Waals surface area contributed by atoms with Gasteiger partial charge in [0.25, 0.3) is 0 Å². The third-order valence-corrected chi connectivity index (χ3v) is 4.84. The van der Waals surface area contributed by atoms with Gasteiger partial charge in [0, 0.05) is 18.9 Å². The van der Waals surface area contributed by atoms with E-state index in [1.54, 1.807) is 0 Å². The van der Waals surface area contributed by atoms with Gasteiger partial charge in [0.15, 0.2) is 11.7 Å². The summed E-state index contributed by atoms with van der Waals surface area (Å²) in [7, 11) is 0. The van der Waals surface area contributed by atoms with Crippen molar-refractivity contribution in [3.63, 3.8) is 0 Å². The Balaban J connectivity index is 1.43. The summed E-state index contributed by atoms with van der Waals surface area (Å²) in [5.41, 5.74) is 6.03. The van der Waals surface area contributed by atoms with Gasteiger partial charge < -0.3 is 25.3 Å². The molecule has 1 saturated carbocycles. The summed E-state index contributed by atoms with van der Waals surface area (Å²) < 4.78 is 17.3. The molecule has 2 saturated heterocycles. The quantitative estimate of drug-likeness (QED) is 0.469. The van der Waals surface area contributed by atoms with Gasteiger partial charge in [0.05, 0.1) is 26.4 Å². The molecule has 0 aromatic carbocycles. The van der Waals surface area contributed by atoms with E-state index in [0.717, 1.165) is 12.8 Å². The van der Waals surface area contributed by atoms with Gasteiger partial charge in [-0.15, -0.1) is 0 Å². The van der Waals surface area contributed by atoms with Gasteiger partial charge in [-0.2, -0.15) is 0 Å². The van der Waals surface area contributed by atoms with Crippen LogP contribution in [0.25, 0.3) is 0 Å². The van der Waals surface area contributed by atoms with Crippen LogP contribution in [-0.4, -0.2) is 50.3 Å². The summed E-state index contributed by atoms with van der Waals surface area (Å²) in [6, 6.07) is 0.480. The van der Waals surface area contributed by atoms with Gasteiger partial charge in [0.1, 0.15) is 6.10 Å². The lowest BCUT2D eigenvalue weighted by atomic mass is 10.1. The molecule has 2 aliphatic heterocycles. The van der Waals surface area contributed by atoms with Crippen LogP contribution in [0.4, 0.5) is 0 Å². The van der Waals surface area contributed by atoms with Gasteiger partial charge in [-0.25, -0.2) is 0 Å². The molecule has 0 radical (unpaired) electrons. The Labute approximate surface area is 132 Å². The van der Waals surface area contributed by atoms with Gasteiger partial charge >= 0.3 is 0 Å². The number of ether oxygens (including phenoxy) is 3. The summed E-state index contributed by atoms with van der Waals surface area (Å²) in [5, 5.41) is 3.37. The number of nitrogens with zero attached hydrogens (tertiary/aromatic N) is 1. The number of rotatable bonds is 3. The van der Waals surface area contributed by atoms with Crippen LogP contribution in [0.2, 0.25) is 0 Å². The molecule has 3 rings (SSSR count). The van der Waals surface area contributed by atoms with Crippen LogP contribution in [-0.2, 0) is 14.2 Å². The van der Waals surface area contributed by atoms with Crippen molar-refractivity contribution in [2.75, 3.05) is 26.4 Å². The van der Waals surface area contributed by atoms with Crippen LogP contribution in [0.15, 0.2) is 4.99 Å². The molecule has 3 fully saturated rings. The van der Waals surface area contributed by atoms with Gasteiger partial charge in [-0.05, 0) is 12.8 Å². The van der Waals surface area contributed by atoms with Gasteiger partial charge in [-0.3, -0.25) is 4.99 Å². The maximum atomic E-state index is 6.06. The molecule has 0 aromatic rings. The maximum absolute atomic E-state index is 6.06. The second kappa shape index (κ2) is 7.62. The molecule has 6 heteroatoms. The molecule has 1 unspecified atom stereocenters. The third-order valence-electron chi connectivity index (χ3n) is 4.84. The zero-order chi connectivity index (χ0) is 15.3. The van der Waals surface area contributed by atoms with Crippen molar-refractivity contribution in [1.29, 1.82) is 0 Å². The molecule has 2 heterocycles. The number of nitrogens with two attached hydrogens (primary N) is 1. The second-order valence-electron chi connectivity index (χ2n) is 6.63. The largest absolute Gasteiger partial charge is 0.381 e. The van der Waals surface area contributed by atoms with Crippen LogP contribution in [0, 0.1) is 0 Å². The molecule has 3 N–H and O–H groups in total. The van der Waals surface area contributed by atoms with Crippen molar-refractivity contribution in [3.05, 3.63) is 0 Å². The molecule has 1 aliphatic carbocycles. The number of aliphatic imine (C=N–C) groups is 1. The van der Waals surface area contributed by atoms with Crippen molar-refractivity contribution < 1.29 is 14.2 Å². The Morgan fingerprint density at radius 2 is 1.86 bits per heavy atom. The fourth-order valence-corrected chi connectivity index (χ4v) is 3.53. The first kappa shape index (κ1) is 16.0. The molecule has 126 valence electrons. The van der Waals surface area contributed by atoms with Crippen LogP contribution in [0.1, 0.15) is 51.4 Å². The minimum atomic E-state index is -0.429. The second-order valence-corrected chi connectivity index (χ2v) is 6.63. The fraction of sp³-hybridized carbons (Fsp3) is 0.938. The van der Waals surface area contributed by atoms with Crippen LogP contribution >= 0.6 is 0 Å². The predicted molar refractivity (Wildman–Crippen MR) is 84.7 cm³/mol. The number of hydrogen-bond donors (Lipinski definition) is 2. The topological polar surface area (TPSA) is 78.1 Å². The van der Waals surface area contributed by atoms with E-state index in [9.17, 15) is 0 Å². The van der Waals surface area contributed by atoms with Crippen LogP contribution in [0.3, 0.4) is 0 Å². The standard InChI is InChI=1S/C16H29N3O3/c17-15(19-13-5-3-1-2-4-6-13)18-11-14-12-21-16(22-14)7-9-20-10-8-16/h13-14H,1-12H2,(H3,17,18,19). The minimum Gasteiger partial charge on any atom is -0.381 e. The Kier molecular flexibility index (Phi) is 5.55. The van der Waals surface area contributed by atoms with Gasteiger partial charge in [-0.1, -0.05) is 25.7 Å². The van der Waals surface area contributed by atoms with Crippen molar-refractivity contribution in [2.45, 2.75) is 69.3 Å². The lowest BCUT2D eigenvalue weighted by Gasteiger charge is -2.31. The Bertz CT molecular complexity index is 375. The molecule has 22 heavy (non-hydrogen) atoms. The zero-order valence-electron chi connectivity index (χ0n) is 13.4. The SMILES string of the molecule is NC(=NCC1COC2(CCOCC2)O1)NC1CCCCCC1. The Hall–Kier alpha value is -0.850. The summed E-state index contributed by atoms with van der Waals surface area (Å²) in [6.45, 7) is 2.58. The molecule has 3 aliphatic rings. The highest BCUT2D eigenvalue weighted by Gasteiger charge is 2.42. The van der Waals surface area contributed by atoms with Crippen molar-refractivity contribution >= 4 is 5.96 Å². The number of nitrogens with one attached hydrogen (secondary N) is 1. The molecule has 0 aromatic heterocycles. The van der Waals surface area contributed by atoms with E-state index in [1.807, 2.05) is 0 Å². The first-order valence-electron chi connectivity index (χ1n) is 8.72. The molecular formula is C16H29N3O3. The maximum Gasteiger partial charge on any atom is 0.188 e. The molecule has 6 nitrogen and oxygen atoms in total. The Morgan fingerprint density at radius 3 is 2.59 bits per heavy atom. The highest BCUT2D eigenvalue weighted by molar-refractivity contribution is 5.78. The van der Waals surface area contributed by atoms with Crippen molar-refractivity contribution in [2.24, 2.45) is 10.7 Å². The normalized spacial score (nSPS) is 30.4. The Morgan fingerprint density at radius 1 is 1.14 bits per heavy atom. The van der Waals surface area contributed by atoms with E-state index < -0.39 is 5.79 Å². The van der Waals surface area contributed by atoms with Gasteiger partial charge in [0.2, 0.25) is 0 Å². The monoisotopic (exact) mass is 311 g/mol. The molecule has 0 amide bonds. The summed E-state index contributed by atoms with van der Waals surface area (Å²) >= 11 is 0. The lowest BCUT2D eigenvalue weighted by molar-refractivity contribution is -0.210. The summed E-state index contributed by atoms with van der Waals surface area (Å²) in [6.07, 6.45) is 9.27.